The second-order valence-electron chi connectivity index (χ2n) is 1.34. The minimum absolute atomic E-state index is 0.481. The summed E-state index contributed by atoms with van der Waals surface area (Å²) in [5, 5.41) is 12.7. The zero-order valence-corrected chi connectivity index (χ0v) is 6.06. The molecule has 0 heterocycles. The molecule has 0 aromatic rings. The Hall–Kier alpha value is -0.770. The van der Waals surface area contributed by atoms with Crippen molar-refractivity contribution in [1.82, 2.24) is 10.6 Å². The van der Waals surface area contributed by atoms with E-state index in [0.717, 1.165) is 0 Å². The number of hydrogen-bond donors (Lipinski definition) is 3. The maximum absolute atomic E-state index is 9.49. The van der Waals surface area contributed by atoms with Crippen LogP contribution in [0.5, 0.6) is 0 Å². The van der Waals surface area contributed by atoms with Crippen LogP contribution in [0.2, 0.25) is 0 Å². The van der Waals surface area contributed by atoms with Gasteiger partial charge in [-0.05, 0) is 21.0 Å². The number of amides is 1. The highest BCUT2D eigenvalue weighted by molar-refractivity contribution is 5.64. The first-order chi connectivity index (χ1) is 4.18. The fourth-order valence-electron chi connectivity index (χ4n) is 0.151. The van der Waals surface area contributed by atoms with Crippen LogP contribution >= 0.6 is 0 Å². The Balaban J connectivity index is 0. The van der Waals surface area contributed by atoms with Crippen molar-refractivity contribution in [2.75, 3.05) is 20.6 Å². The number of carboxylic acid groups (broad SMARTS) is 1. The summed E-state index contributed by atoms with van der Waals surface area (Å²) in [5.74, 6) is 0. The van der Waals surface area contributed by atoms with Crippen molar-refractivity contribution in [2.24, 2.45) is 0 Å². The highest BCUT2D eigenvalue weighted by Gasteiger charge is 1.82. The fourth-order valence-corrected chi connectivity index (χ4v) is 0.151. The molecule has 0 radical (unpaired) electrons. The van der Waals surface area contributed by atoms with Gasteiger partial charge in [0.05, 0.1) is 0 Å². The van der Waals surface area contributed by atoms with Gasteiger partial charge in [0.25, 0.3) is 0 Å². The molecule has 0 spiro atoms. The highest BCUT2D eigenvalue weighted by Crippen LogP contribution is 1.54. The maximum atomic E-state index is 9.49. The molecule has 4 nitrogen and oxygen atoms in total. The quantitative estimate of drug-likeness (QED) is 0.477. The summed E-state index contributed by atoms with van der Waals surface area (Å²) in [6, 6.07) is 0. The molecule has 0 aliphatic heterocycles. The predicted molar refractivity (Wildman–Crippen MR) is 36.7 cm³/mol. The topological polar surface area (TPSA) is 61.4 Å². The van der Waals surface area contributed by atoms with Gasteiger partial charge in [-0.2, -0.15) is 0 Å². The molecule has 4 heteroatoms. The Bertz CT molecular complexity index is 66.0. The molecule has 0 fully saturated rings. The Morgan fingerprint density at radius 2 is 1.89 bits per heavy atom. The Morgan fingerprint density at radius 3 is 1.89 bits per heavy atom. The van der Waals surface area contributed by atoms with Gasteiger partial charge in [0.1, 0.15) is 0 Å². The third-order valence-corrected chi connectivity index (χ3v) is 0.328. The van der Waals surface area contributed by atoms with Crippen LogP contribution in [0.3, 0.4) is 0 Å². The minimum atomic E-state index is -0.961. The van der Waals surface area contributed by atoms with E-state index in [4.69, 9.17) is 5.11 Å². The summed E-state index contributed by atoms with van der Waals surface area (Å²) in [6.07, 6.45) is -0.961. The first-order valence-electron chi connectivity index (χ1n) is 2.74. The summed E-state index contributed by atoms with van der Waals surface area (Å²) in [7, 11) is 3.75. The lowest BCUT2D eigenvalue weighted by Crippen LogP contribution is -2.19. The van der Waals surface area contributed by atoms with Crippen LogP contribution in [0.1, 0.15) is 6.92 Å². The molecule has 0 bridgehead atoms. The predicted octanol–water partition coefficient (Wildman–Crippen LogP) is 0.110. The van der Waals surface area contributed by atoms with Gasteiger partial charge in [-0.15, -0.1) is 0 Å². The smallest absolute Gasteiger partial charge is 0.404 e. The van der Waals surface area contributed by atoms with Crippen molar-refractivity contribution >= 4 is 6.09 Å². The van der Waals surface area contributed by atoms with Crippen molar-refractivity contribution in [1.29, 1.82) is 0 Å². The average Bonchev–Trinajstić information content (AvgIpc) is 1.67. The van der Waals surface area contributed by atoms with Gasteiger partial charge < -0.3 is 15.7 Å². The largest absolute Gasteiger partial charge is 0.465 e. The van der Waals surface area contributed by atoms with E-state index in [-0.39, 0.29) is 0 Å². The van der Waals surface area contributed by atoms with Crippen LogP contribution in [0.4, 0.5) is 4.79 Å². The number of rotatable bonds is 1. The first-order valence-corrected chi connectivity index (χ1v) is 2.74. The maximum Gasteiger partial charge on any atom is 0.404 e. The molecular formula is C5H14N2O2. The Labute approximate surface area is 55.3 Å². The van der Waals surface area contributed by atoms with E-state index in [1.807, 2.05) is 14.1 Å². The van der Waals surface area contributed by atoms with Gasteiger partial charge in [-0.25, -0.2) is 4.79 Å². The second-order valence-corrected chi connectivity index (χ2v) is 1.34. The number of nitrogens with one attached hydrogen (secondary N) is 2. The summed E-state index contributed by atoms with van der Waals surface area (Å²) >= 11 is 0. The lowest BCUT2D eigenvalue weighted by molar-refractivity contribution is 0.195. The summed E-state index contributed by atoms with van der Waals surface area (Å²) in [6.45, 7) is 2.21. The monoisotopic (exact) mass is 134 g/mol. The molecule has 3 N–H and O–H groups in total. The SMILES string of the molecule is CCNC(=O)O.CNC. The van der Waals surface area contributed by atoms with Gasteiger partial charge in [0, 0.05) is 6.54 Å². The van der Waals surface area contributed by atoms with Crippen LogP contribution in [0.25, 0.3) is 0 Å². The average molecular weight is 134 g/mol. The second kappa shape index (κ2) is 10.3. The van der Waals surface area contributed by atoms with E-state index in [1.165, 1.54) is 0 Å². The zero-order chi connectivity index (χ0) is 7.70. The van der Waals surface area contributed by atoms with Crippen molar-refractivity contribution in [3.63, 3.8) is 0 Å². The molecule has 0 saturated heterocycles. The standard InChI is InChI=1S/C3H7NO2.C2H7N/c1-2-4-3(5)6;1-3-2/h4H,2H2,1H3,(H,5,6);3H,1-2H3. The summed E-state index contributed by atoms with van der Waals surface area (Å²) < 4.78 is 0. The van der Waals surface area contributed by atoms with Crippen LogP contribution in [-0.4, -0.2) is 31.8 Å². The number of carbonyl (C=O) groups is 1. The Kier molecular flexibility index (Phi) is 12.6. The van der Waals surface area contributed by atoms with E-state index in [2.05, 4.69) is 10.6 Å². The third-order valence-electron chi connectivity index (χ3n) is 0.328. The van der Waals surface area contributed by atoms with Crippen LogP contribution in [0.15, 0.2) is 0 Å². The molecule has 0 atom stereocenters. The first kappa shape index (κ1) is 11.1. The van der Waals surface area contributed by atoms with Gasteiger partial charge in [0.15, 0.2) is 0 Å². The highest BCUT2D eigenvalue weighted by atomic mass is 16.4. The fraction of sp³-hybridized carbons (Fsp3) is 0.800. The van der Waals surface area contributed by atoms with E-state index < -0.39 is 6.09 Å². The van der Waals surface area contributed by atoms with Gasteiger partial charge in [0.2, 0.25) is 0 Å². The molecule has 0 rings (SSSR count). The third kappa shape index (κ3) is 39.8. The van der Waals surface area contributed by atoms with E-state index >= 15 is 0 Å². The van der Waals surface area contributed by atoms with Gasteiger partial charge in [-0.3, -0.25) is 0 Å². The van der Waals surface area contributed by atoms with Crippen LogP contribution in [0, 0.1) is 0 Å². The van der Waals surface area contributed by atoms with Gasteiger partial charge >= 0.3 is 6.09 Å². The normalized spacial score (nSPS) is 7.00. The van der Waals surface area contributed by atoms with Crippen LogP contribution < -0.4 is 10.6 Å². The molecule has 1 amide bonds. The van der Waals surface area contributed by atoms with E-state index in [0.29, 0.717) is 6.54 Å². The Morgan fingerprint density at radius 1 is 1.56 bits per heavy atom. The van der Waals surface area contributed by atoms with Crippen molar-refractivity contribution in [3.05, 3.63) is 0 Å². The molecule has 56 valence electrons. The van der Waals surface area contributed by atoms with E-state index in [9.17, 15) is 4.79 Å². The molecule has 9 heavy (non-hydrogen) atoms. The molecule has 0 aliphatic carbocycles. The van der Waals surface area contributed by atoms with Gasteiger partial charge in [-0.1, -0.05) is 0 Å². The molecule has 0 aromatic carbocycles. The summed E-state index contributed by atoms with van der Waals surface area (Å²) in [5.41, 5.74) is 0. The lowest BCUT2D eigenvalue weighted by atomic mass is 10.8. The van der Waals surface area contributed by atoms with Crippen molar-refractivity contribution in [2.45, 2.75) is 6.92 Å². The molecule has 0 unspecified atom stereocenters. The molecule has 0 aromatic heterocycles. The van der Waals surface area contributed by atoms with Crippen molar-refractivity contribution in [3.8, 4) is 0 Å². The number of hydrogen-bond acceptors (Lipinski definition) is 2. The van der Waals surface area contributed by atoms with Crippen molar-refractivity contribution < 1.29 is 9.90 Å². The molecular weight excluding hydrogens is 120 g/mol. The molecule has 0 saturated carbocycles. The molecule has 0 aliphatic rings. The minimum Gasteiger partial charge on any atom is -0.465 e. The lowest BCUT2D eigenvalue weighted by Gasteiger charge is -1.87. The van der Waals surface area contributed by atoms with Crippen LogP contribution in [-0.2, 0) is 0 Å². The zero-order valence-electron chi connectivity index (χ0n) is 6.06. The summed E-state index contributed by atoms with van der Waals surface area (Å²) in [4.78, 5) is 9.49. The van der Waals surface area contributed by atoms with E-state index in [1.54, 1.807) is 6.92 Å².